The molecule has 2 amide bonds. The minimum Gasteiger partial charge on any atom is -0.355 e. The zero-order chi connectivity index (χ0) is 20.7. The highest BCUT2D eigenvalue weighted by molar-refractivity contribution is 7.09. The number of hydrogen-bond acceptors (Lipinski definition) is 7. The van der Waals surface area contributed by atoms with Gasteiger partial charge in [-0.2, -0.15) is 0 Å². The molecule has 2 bridgehead atoms. The second-order valence-electron chi connectivity index (χ2n) is 8.53. The Bertz CT molecular complexity index is 935. The molecular formula is C21H26N6O2S. The van der Waals surface area contributed by atoms with Crippen LogP contribution in [-0.2, 0) is 16.1 Å². The van der Waals surface area contributed by atoms with Crippen molar-refractivity contribution in [2.45, 2.75) is 51.2 Å². The smallest absolute Gasteiger partial charge is 0.243 e. The Morgan fingerprint density at radius 1 is 1.30 bits per heavy atom. The van der Waals surface area contributed by atoms with E-state index in [1.807, 2.05) is 17.2 Å². The summed E-state index contributed by atoms with van der Waals surface area (Å²) < 4.78 is 0. The minimum absolute atomic E-state index is 0.0638. The maximum atomic E-state index is 13.3. The van der Waals surface area contributed by atoms with Crippen molar-refractivity contribution in [3.05, 3.63) is 34.7 Å². The minimum atomic E-state index is -0.431. The Morgan fingerprint density at radius 2 is 2.17 bits per heavy atom. The van der Waals surface area contributed by atoms with Gasteiger partial charge in [-0.25, -0.2) is 9.97 Å². The lowest BCUT2D eigenvalue weighted by Gasteiger charge is -2.56. The third-order valence-electron chi connectivity index (χ3n) is 6.57. The summed E-state index contributed by atoms with van der Waals surface area (Å²) in [6, 6.07) is -0.307. The van der Waals surface area contributed by atoms with E-state index in [4.69, 9.17) is 0 Å². The quantitative estimate of drug-likeness (QED) is 0.801. The Hall–Kier alpha value is -2.55. The second kappa shape index (κ2) is 7.94. The largest absolute Gasteiger partial charge is 0.355 e. The van der Waals surface area contributed by atoms with Gasteiger partial charge in [-0.1, -0.05) is 0 Å². The van der Waals surface area contributed by atoms with Gasteiger partial charge >= 0.3 is 0 Å². The number of nitrogens with zero attached hydrogens (tertiary/aromatic N) is 5. The maximum Gasteiger partial charge on any atom is 0.243 e. The molecule has 4 atom stereocenters. The summed E-state index contributed by atoms with van der Waals surface area (Å²) in [5, 5.41) is 5.82. The van der Waals surface area contributed by atoms with Gasteiger partial charge in [0.2, 0.25) is 11.8 Å². The van der Waals surface area contributed by atoms with Crippen molar-refractivity contribution in [3.8, 4) is 0 Å². The fourth-order valence-electron chi connectivity index (χ4n) is 5.39. The van der Waals surface area contributed by atoms with Crippen LogP contribution in [0.15, 0.2) is 24.0 Å². The lowest BCUT2D eigenvalue weighted by atomic mass is 9.71. The number of thiazole rings is 1. The van der Waals surface area contributed by atoms with Crippen LogP contribution >= 0.6 is 11.3 Å². The van der Waals surface area contributed by atoms with Crippen LogP contribution in [0.5, 0.6) is 0 Å². The van der Waals surface area contributed by atoms with Gasteiger partial charge in [0, 0.05) is 49.2 Å². The van der Waals surface area contributed by atoms with E-state index >= 15 is 0 Å². The summed E-state index contributed by atoms with van der Waals surface area (Å²) in [4.78, 5) is 43.6. The molecule has 0 saturated carbocycles. The fraction of sp³-hybridized carbons (Fsp3) is 0.571. The first kappa shape index (κ1) is 19.4. The molecule has 30 heavy (non-hydrogen) atoms. The lowest BCUT2D eigenvalue weighted by Crippen LogP contribution is -2.68. The van der Waals surface area contributed by atoms with Gasteiger partial charge in [0.25, 0.3) is 0 Å². The summed E-state index contributed by atoms with van der Waals surface area (Å²) in [7, 11) is 0. The van der Waals surface area contributed by atoms with E-state index in [1.165, 1.54) is 11.3 Å². The highest BCUT2D eigenvalue weighted by atomic mass is 32.1. The third-order valence-corrected chi connectivity index (χ3v) is 7.35. The standard InChI is InChI=1S/C21H26N6O2S/c1-13-8-22-9-17(25-13)26-11-14-7-15(12-26)20(27-16(14)3-2-4-19(27)28)21(29)24-10-18-23-5-6-30-18/h5-6,8-9,14-16,20H,2-4,7,10-12H2,1H3,(H,24,29)/t14-,15+,16+,20-/m1/s1. The number of hydrogen-bond donors (Lipinski definition) is 1. The summed E-state index contributed by atoms with van der Waals surface area (Å²) in [6.07, 6.45) is 8.67. The molecule has 8 nitrogen and oxygen atoms in total. The summed E-state index contributed by atoms with van der Waals surface area (Å²) >= 11 is 1.52. The average Bonchev–Trinajstić information content (AvgIpc) is 3.26. The van der Waals surface area contributed by atoms with Crippen LogP contribution < -0.4 is 10.2 Å². The van der Waals surface area contributed by atoms with Crippen LogP contribution in [0.3, 0.4) is 0 Å². The number of amides is 2. The van der Waals surface area contributed by atoms with Gasteiger partial charge in [-0.05, 0) is 32.1 Å². The molecule has 3 fully saturated rings. The molecule has 5 heterocycles. The lowest BCUT2D eigenvalue weighted by molar-refractivity contribution is -0.156. The molecular weight excluding hydrogens is 400 g/mol. The van der Waals surface area contributed by atoms with Crippen LogP contribution in [-0.4, -0.2) is 56.8 Å². The molecule has 0 aromatic carbocycles. The van der Waals surface area contributed by atoms with Gasteiger partial charge in [0.15, 0.2) is 0 Å². The first-order valence-electron chi connectivity index (χ1n) is 10.6. The number of nitrogens with one attached hydrogen (secondary N) is 1. The number of rotatable bonds is 4. The summed E-state index contributed by atoms with van der Waals surface area (Å²) in [5.41, 5.74) is 0.885. The van der Waals surface area contributed by atoms with Crippen LogP contribution in [0.2, 0.25) is 0 Å². The molecule has 158 valence electrons. The number of fused-ring (bicyclic) bond motifs is 4. The fourth-order valence-corrected chi connectivity index (χ4v) is 5.95. The van der Waals surface area contributed by atoms with Crippen LogP contribution in [0.4, 0.5) is 5.82 Å². The van der Waals surface area contributed by atoms with E-state index in [2.05, 4.69) is 25.2 Å². The zero-order valence-corrected chi connectivity index (χ0v) is 17.8. The topological polar surface area (TPSA) is 91.3 Å². The van der Waals surface area contributed by atoms with Crippen molar-refractivity contribution in [2.75, 3.05) is 18.0 Å². The van der Waals surface area contributed by atoms with Gasteiger partial charge in [0.1, 0.15) is 16.9 Å². The maximum absolute atomic E-state index is 13.3. The van der Waals surface area contributed by atoms with Crippen molar-refractivity contribution in [2.24, 2.45) is 11.8 Å². The molecule has 0 radical (unpaired) electrons. The van der Waals surface area contributed by atoms with Crippen molar-refractivity contribution in [1.29, 1.82) is 0 Å². The zero-order valence-electron chi connectivity index (χ0n) is 17.0. The molecule has 2 aromatic heterocycles. The molecule has 3 aliphatic rings. The predicted octanol–water partition coefficient (Wildman–Crippen LogP) is 1.76. The molecule has 9 heteroatoms. The number of aryl methyl sites for hydroxylation is 1. The van der Waals surface area contributed by atoms with Crippen LogP contribution in [0.25, 0.3) is 0 Å². The van der Waals surface area contributed by atoms with Gasteiger partial charge in [-0.15, -0.1) is 11.3 Å². The number of aromatic nitrogens is 3. The van der Waals surface area contributed by atoms with Crippen molar-refractivity contribution in [3.63, 3.8) is 0 Å². The normalized spacial score (nSPS) is 28.2. The van der Waals surface area contributed by atoms with E-state index < -0.39 is 6.04 Å². The molecule has 0 spiro atoms. The van der Waals surface area contributed by atoms with Gasteiger partial charge in [0.05, 0.1) is 18.4 Å². The van der Waals surface area contributed by atoms with Crippen molar-refractivity contribution < 1.29 is 9.59 Å². The Balaban J connectivity index is 1.41. The molecule has 5 rings (SSSR count). The van der Waals surface area contributed by atoms with E-state index in [-0.39, 0.29) is 23.8 Å². The first-order chi connectivity index (χ1) is 14.6. The molecule has 3 saturated heterocycles. The molecule has 3 aliphatic heterocycles. The third kappa shape index (κ3) is 3.55. The van der Waals surface area contributed by atoms with E-state index in [9.17, 15) is 9.59 Å². The number of piperidine rings is 3. The number of anilines is 1. The first-order valence-corrected chi connectivity index (χ1v) is 11.5. The average molecular weight is 427 g/mol. The monoisotopic (exact) mass is 426 g/mol. The SMILES string of the molecule is Cc1cncc(N2C[C@H]3C[C@@H](C2)[C@H](C(=O)NCc2nccs2)N2C(=O)CCC[C@@H]32)n1. The van der Waals surface area contributed by atoms with E-state index in [0.29, 0.717) is 25.4 Å². The Morgan fingerprint density at radius 3 is 2.97 bits per heavy atom. The molecule has 0 aliphatic carbocycles. The van der Waals surface area contributed by atoms with E-state index in [0.717, 1.165) is 42.3 Å². The Kier molecular flexibility index (Phi) is 5.14. The highest BCUT2D eigenvalue weighted by Gasteiger charge is 2.52. The molecule has 0 unspecified atom stereocenters. The second-order valence-corrected chi connectivity index (χ2v) is 9.51. The number of carbonyl (C=O) groups excluding carboxylic acids is 2. The van der Waals surface area contributed by atoms with Crippen LogP contribution in [0, 0.1) is 18.8 Å². The number of carbonyl (C=O) groups is 2. The van der Waals surface area contributed by atoms with Gasteiger partial charge < -0.3 is 15.1 Å². The molecule has 2 aromatic rings. The summed E-state index contributed by atoms with van der Waals surface area (Å²) in [5.74, 6) is 1.37. The van der Waals surface area contributed by atoms with E-state index in [1.54, 1.807) is 18.6 Å². The van der Waals surface area contributed by atoms with Crippen LogP contribution in [0.1, 0.15) is 36.4 Å². The van der Waals surface area contributed by atoms with Gasteiger partial charge in [-0.3, -0.25) is 14.6 Å². The van der Waals surface area contributed by atoms with Crippen molar-refractivity contribution >= 4 is 29.0 Å². The van der Waals surface area contributed by atoms with Crippen molar-refractivity contribution in [1.82, 2.24) is 25.2 Å². The summed E-state index contributed by atoms with van der Waals surface area (Å²) in [6.45, 7) is 3.91. The predicted molar refractivity (Wildman–Crippen MR) is 113 cm³/mol. The Labute approximate surface area is 179 Å². The molecule has 1 N–H and O–H groups in total. The highest BCUT2D eigenvalue weighted by Crippen LogP contribution is 2.42.